The lowest BCUT2D eigenvalue weighted by Crippen LogP contribution is -2.55. The van der Waals surface area contributed by atoms with Crippen LogP contribution in [0.3, 0.4) is 0 Å². The summed E-state index contributed by atoms with van der Waals surface area (Å²) in [6.45, 7) is 0. The predicted octanol–water partition coefficient (Wildman–Crippen LogP) is 1.93. The van der Waals surface area contributed by atoms with Crippen molar-refractivity contribution in [2.45, 2.75) is 56.5 Å². The number of carbonyl (C=O) groups is 1. The van der Waals surface area contributed by atoms with Crippen molar-refractivity contribution in [2.75, 3.05) is 0 Å². The Balaban J connectivity index is 1.64. The van der Waals surface area contributed by atoms with E-state index in [9.17, 15) is 4.79 Å². The minimum atomic E-state index is -0.600. The zero-order chi connectivity index (χ0) is 13.3. The Morgan fingerprint density at radius 3 is 2.63 bits per heavy atom. The van der Waals surface area contributed by atoms with Crippen LogP contribution in [0, 0.1) is 0 Å². The first kappa shape index (κ1) is 12.7. The molecule has 1 amide bonds. The third-order valence-corrected chi connectivity index (χ3v) is 4.63. The van der Waals surface area contributed by atoms with E-state index >= 15 is 0 Å². The van der Waals surface area contributed by atoms with Crippen molar-refractivity contribution < 1.29 is 4.79 Å². The molecule has 1 unspecified atom stereocenters. The summed E-state index contributed by atoms with van der Waals surface area (Å²) >= 11 is 0. The van der Waals surface area contributed by atoms with E-state index in [1.807, 2.05) is 0 Å². The van der Waals surface area contributed by atoms with Gasteiger partial charge < -0.3 is 11.1 Å². The van der Waals surface area contributed by atoms with Crippen LogP contribution in [-0.4, -0.2) is 17.5 Å². The third-order valence-electron chi connectivity index (χ3n) is 4.63. The smallest absolute Gasteiger partial charge is 0.240 e. The van der Waals surface area contributed by atoms with Gasteiger partial charge in [0.2, 0.25) is 5.91 Å². The molecule has 19 heavy (non-hydrogen) atoms. The molecular weight excluding hydrogens is 236 g/mol. The van der Waals surface area contributed by atoms with E-state index in [2.05, 4.69) is 29.6 Å². The maximum atomic E-state index is 12.3. The van der Waals surface area contributed by atoms with Crippen LogP contribution in [0.4, 0.5) is 0 Å². The van der Waals surface area contributed by atoms with Crippen LogP contribution in [0.15, 0.2) is 24.3 Å². The molecule has 3 nitrogen and oxygen atoms in total. The fourth-order valence-corrected chi connectivity index (χ4v) is 3.38. The second-order valence-electron chi connectivity index (χ2n) is 6.05. The van der Waals surface area contributed by atoms with Gasteiger partial charge >= 0.3 is 0 Å². The van der Waals surface area contributed by atoms with Crippen molar-refractivity contribution in [2.24, 2.45) is 5.73 Å². The Hall–Kier alpha value is -1.35. The largest absolute Gasteiger partial charge is 0.351 e. The van der Waals surface area contributed by atoms with Gasteiger partial charge in [0.15, 0.2) is 0 Å². The summed E-state index contributed by atoms with van der Waals surface area (Å²) in [5.74, 6) is 0.0642. The second-order valence-corrected chi connectivity index (χ2v) is 6.05. The van der Waals surface area contributed by atoms with Crippen LogP contribution in [0.5, 0.6) is 0 Å². The number of hydrogen-bond donors (Lipinski definition) is 2. The van der Waals surface area contributed by atoms with Gasteiger partial charge in [-0.1, -0.05) is 37.1 Å². The number of amides is 1. The van der Waals surface area contributed by atoms with Crippen LogP contribution < -0.4 is 11.1 Å². The molecule has 1 saturated carbocycles. The molecule has 3 N–H and O–H groups in total. The zero-order valence-electron chi connectivity index (χ0n) is 11.3. The molecule has 0 aromatic heterocycles. The van der Waals surface area contributed by atoms with E-state index in [1.54, 1.807) is 0 Å². The predicted molar refractivity (Wildman–Crippen MR) is 75.8 cm³/mol. The summed E-state index contributed by atoms with van der Waals surface area (Å²) in [4.78, 5) is 12.3. The van der Waals surface area contributed by atoms with Gasteiger partial charge in [0.05, 0.1) is 5.54 Å². The highest BCUT2D eigenvalue weighted by molar-refractivity contribution is 5.86. The Kier molecular flexibility index (Phi) is 3.31. The fourth-order valence-electron chi connectivity index (χ4n) is 3.38. The number of rotatable bonds is 2. The number of fused-ring (bicyclic) bond motifs is 1. The molecule has 1 fully saturated rings. The van der Waals surface area contributed by atoms with Gasteiger partial charge in [-0.25, -0.2) is 0 Å². The molecule has 3 heteroatoms. The number of nitrogens with one attached hydrogen (secondary N) is 1. The van der Waals surface area contributed by atoms with E-state index in [4.69, 9.17) is 5.73 Å². The average molecular weight is 258 g/mol. The van der Waals surface area contributed by atoms with E-state index in [0.717, 1.165) is 44.9 Å². The molecule has 0 spiro atoms. The van der Waals surface area contributed by atoms with E-state index < -0.39 is 5.54 Å². The zero-order valence-corrected chi connectivity index (χ0v) is 11.3. The Bertz CT molecular complexity index is 477. The molecule has 1 aromatic rings. The standard InChI is InChI=1S/C16H22N2O/c17-16(9-3-4-10-16)15(19)18-14-8-7-12-5-1-2-6-13(12)11-14/h1-2,5-6,14H,3-4,7-11,17H2,(H,18,19). The van der Waals surface area contributed by atoms with Crippen molar-refractivity contribution in [3.8, 4) is 0 Å². The van der Waals surface area contributed by atoms with Crippen LogP contribution >= 0.6 is 0 Å². The first-order valence-corrected chi connectivity index (χ1v) is 7.34. The summed E-state index contributed by atoms with van der Waals surface area (Å²) in [6.07, 6.45) is 6.86. The molecular formula is C16H22N2O. The van der Waals surface area contributed by atoms with Crippen LogP contribution in [0.2, 0.25) is 0 Å². The molecule has 3 rings (SSSR count). The molecule has 2 aliphatic rings. The summed E-state index contributed by atoms with van der Waals surface area (Å²) in [5.41, 5.74) is 8.40. The van der Waals surface area contributed by atoms with Crippen molar-refractivity contribution in [3.63, 3.8) is 0 Å². The highest BCUT2D eigenvalue weighted by Crippen LogP contribution is 2.28. The molecule has 0 heterocycles. The summed E-state index contributed by atoms with van der Waals surface area (Å²) < 4.78 is 0. The Labute approximate surface area is 114 Å². The minimum absolute atomic E-state index is 0.0642. The topological polar surface area (TPSA) is 55.1 Å². The first-order chi connectivity index (χ1) is 9.17. The minimum Gasteiger partial charge on any atom is -0.351 e. The van der Waals surface area contributed by atoms with Gasteiger partial charge in [-0.15, -0.1) is 0 Å². The van der Waals surface area contributed by atoms with Crippen molar-refractivity contribution >= 4 is 5.91 Å². The van der Waals surface area contributed by atoms with Gasteiger partial charge in [0.25, 0.3) is 0 Å². The summed E-state index contributed by atoms with van der Waals surface area (Å²) in [7, 11) is 0. The van der Waals surface area contributed by atoms with E-state index in [0.29, 0.717) is 0 Å². The van der Waals surface area contributed by atoms with Crippen molar-refractivity contribution in [1.29, 1.82) is 0 Å². The summed E-state index contributed by atoms with van der Waals surface area (Å²) in [6, 6.07) is 8.77. The fraction of sp³-hybridized carbons (Fsp3) is 0.562. The molecule has 0 radical (unpaired) electrons. The quantitative estimate of drug-likeness (QED) is 0.851. The highest BCUT2D eigenvalue weighted by Gasteiger charge is 2.38. The van der Waals surface area contributed by atoms with Crippen LogP contribution in [0.25, 0.3) is 0 Å². The van der Waals surface area contributed by atoms with E-state index in [1.165, 1.54) is 11.1 Å². The molecule has 2 aliphatic carbocycles. The van der Waals surface area contributed by atoms with Crippen molar-refractivity contribution in [3.05, 3.63) is 35.4 Å². The van der Waals surface area contributed by atoms with Crippen molar-refractivity contribution in [1.82, 2.24) is 5.32 Å². The SMILES string of the molecule is NC1(C(=O)NC2CCc3ccccc3C2)CCCC1. The number of aryl methyl sites for hydroxylation is 1. The molecule has 0 saturated heterocycles. The summed E-state index contributed by atoms with van der Waals surface area (Å²) in [5, 5.41) is 3.18. The van der Waals surface area contributed by atoms with E-state index in [-0.39, 0.29) is 11.9 Å². The lowest BCUT2D eigenvalue weighted by Gasteiger charge is -2.30. The van der Waals surface area contributed by atoms with Gasteiger partial charge in [0.1, 0.15) is 0 Å². The monoisotopic (exact) mass is 258 g/mol. The molecule has 102 valence electrons. The highest BCUT2D eigenvalue weighted by atomic mass is 16.2. The number of carbonyl (C=O) groups excluding carboxylic acids is 1. The molecule has 1 atom stereocenters. The first-order valence-electron chi connectivity index (χ1n) is 7.34. The maximum Gasteiger partial charge on any atom is 0.240 e. The van der Waals surface area contributed by atoms with Crippen LogP contribution in [-0.2, 0) is 17.6 Å². The number of nitrogens with two attached hydrogens (primary N) is 1. The Morgan fingerprint density at radius 2 is 1.89 bits per heavy atom. The molecule has 1 aromatic carbocycles. The average Bonchev–Trinajstić information content (AvgIpc) is 2.87. The van der Waals surface area contributed by atoms with Gasteiger partial charge in [0, 0.05) is 6.04 Å². The van der Waals surface area contributed by atoms with Gasteiger partial charge in [-0.3, -0.25) is 4.79 Å². The van der Waals surface area contributed by atoms with Gasteiger partial charge in [-0.2, -0.15) is 0 Å². The molecule has 0 bridgehead atoms. The third kappa shape index (κ3) is 2.52. The van der Waals surface area contributed by atoms with Gasteiger partial charge in [-0.05, 0) is 43.2 Å². The lowest BCUT2D eigenvalue weighted by molar-refractivity contribution is -0.127. The Morgan fingerprint density at radius 1 is 1.21 bits per heavy atom. The maximum absolute atomic E-state index is 12.3. The lowest BCUT2D eigenvalue weighted by atomic mass is 9.87. The number of hydrogen-bond acceptors (Lipinski definition) is 2. The number of benzene rings is 1. The molecule has 0 aliphatic heterocycles. The second kappa shape index (κ2) is 4.97. The van der Waals surface area contributed by atoms with Crippen LogP contribution in [0.1, 0.15) is 43.2 Å². The normalized spacial score (nSPS) is 24.8.